The summed E-state index contributed by atoms with van der Waals surface area (Å²) in [6.07, 6.45) is -1.02. The summed E-state index contributed by atoms with van der Waals surface area (Å²) in [7, 11) is 0. The number of benzene rings is 1. The molecular formula is C14H20N2O7. The molecule has 23 heavy (non-hydrogen) atoms. The molecule has 0 fully saturated rings. The van der Waals surface area contributed by atoms with Gasteiger partial charge in [-0.3, -0.25) is 20.2 Å². The number of nitro groups is 2. The first-order chi connectivity index (χ1) is 10.5. The summed E-state index contributed by atoms with van der Waals surface area (Å²) >= 11 is 0. The molecule has 1 rings (SSSR count). The fraction of sp³-hybridized carbons (Fsp3) is 0.571. The van der Waals surface area contributed by atoms with E-state index in [4.69, 9.17) is 14.6 Å². The fourth-order valence-electron chi connectivity index (χ4n) is 1.81. The molecule has 0 bridgehead atoms. The van der Waals surface area contributed by atoms with E-state index in [1.807, 2.05) is 0 Å². The minimum atomic E-state index is -1.02. The van der Waals surface area contributed by atoms with Crippen molar-refractivity contribution in [2.24, 2.45) is 0 Å². The van der Waals surface area contributed by atoms with Crippen LogP contribution in [-0.4, -0.2) is 34.5 Å². The largest absolute Gasteiger partial charge is 0.480 e. The maximum atomic E-state index is 11.2. The summed E-state index contributed by atoms with van der Waals surface area (Å²) in [6.45, 7) is 6.56. The maximum absolute atomic E-state index is 11.2. The highest BCUT2D eigenvalue weighted by Crippen LogP contribution is 2.41. The molecule has 0 spiro atoms. The van der Waals surface area contributed by atoms with E-state index < -0.39 is 38.7 Å². The van der Waals surface area contributed by atoms with Crippen molar-refractivity contribution in [2.45, 2.75) is 39.4 Å². The highest BCUT2D eigenvalue weighted by atomic mass is 16.6. The van der Waals surface area contributed by atoms with E-state index in [1.165, 1.54) is 19.1 Å². The van der Waals surface area contributed by atoms with E-state index in [1.54, 1.807) is 20.8 Å². The van der Waals surface area contributed by atoms with Crippen LogP contribution < -0.4 is 4.74 Å². The molecule has 0 aliphatic rings. The monoisotopic (exact) mass is 328 g/mol. The van der Waals surface area contributed by atoms with Gasteiger partial charge in [0.1, 0.15) is 6.61 Å². The van der Waals surface area contributed by atoms with Gasteiger partial charge in [-0.05, 0) is 17.9 Å². The van der Waals surface area contributed by atoms with Gasteiger partial charge in [-0.1, -0.05) is 20.8 Å². The summed E-state index contributed by atoms with van der Waals surface area (Å²) in [5.74, 6) is -0.415. The van der Waals surface area contributed by atoms with Crippen molar-refractivity contribution in [2.75, 3.05) is 13.2 Å². The van der Waals surface area contributed by atoms with Crippen LogP contribution in [0.2, 0.25) is 0 Å². The fourth-order valence-corrected chi connectivity index (χ4v) is 1.81. The van der Waals surface area contributed by atoms with Gasteiger partial charge in [-0.25, -0.2) is 0 Å². The zero-order valence-corrected chi connectivity index (χ0v) is 13.4. The molecule has 0 amide bonds. The highest BCUT2D eigenvalue weighted by molar-refractivity contribution is 5.62. The van der Waals surface area contributed by atoms with Crippen LogP contribution in [0, 0.1) is 20.2 Å². The minimum absolute atomic E-state index is 0.0625. The molecular weight excluding hydrogens is 308 g/mol. The van der Waals surface area contributed by atoms with Crippen molar-refractivity contribution in [1.82, 2.24) is 0 Å². The van der Waals surface area contributed by atoms with Gasteiger partial charge in [0.2, 0.25) is 0 Å². The summed E-state index contributed by atoms with van der Waals surface area (Å²) in [5, 5.41) is 31.5. The van der Waals surface area contributed by atoms with Crippen LogP contribution >= 0.6 is 0 Å². The molecule has 9 nitrogen and oxygen atoms in total. The first-order valence-corrected chi connectivity index (χ1v) is 6.93. The minimum Gasteiger partial charge on any atom is -0.480 e. The maximum Gasteiger partial charge on any atom is 0.318 e. The van der Waals surface area contributed by atoms with Gasteiger partial charge in [-0.15, -0.1) is 0 Å². The lowest BCUT2D eigenvalue weighted by molar-refractivity contribution is -0.396. The Morgan fingerprint density at radius 2 is 1.61 bits per heavy atom. The summed E-state index contributed by atoms with van der Waals surface area (Å²) in [4.78, 5) is 21.1. The number of ether oxygens (including phenoxy) is 2. The molecule has 1 aromatic rings. The second-order valence-corrected chi connectivity index (χ2v) is 5.93. The normalized spacial score (nSPS) is 12.7. The Morgan fingerprint density at radius 3 is 1.96 bits per heavy atom. The van der Waals surface area contributed by atoms with Crippen molar-refractivity contribution < 1.29 is 24.4 Å². The molecule has 0 saturated heterocycles. The van der Waals surface area contributed by atoms with Crippen molar-refractivity contribution in [1.29, 1.82) is 0 Å². The number of hydrogen-bond donors (Lipinski definition) is 1. The summed E-state index contributed by atoms with van der Waals surface area (Å²) < 4.78 is 10.0. The Labute approximate surface area is 133 Å². The molecule has 0 aliphatic heterocycles. The first kappa shape index (κ1) is 18.8. The smallest absolute Gasteiger partial charge is 0.318 e. The lowest BCUT2D eigenvalue weighted by atomic mass is 9.86. The Kier molecular flexibility index (Phi) is 5.99. The molecule has 0 aliphatic carbocycles. The number of aliphatic hydroxyl groups excluding tert-OH is 1. The molecule has 128 valence electrons. The van der Waals surface area contributed by atoms with E-state index in [9.17, 15) is 20.2 Å². The Hall–Kier alpha value is -2.26. The van der Waals surface area contributed by atoms with Crippen LogP contribution in [0.25, 0.3) is 0 Å². The molecule has 9 heteroatoms. The number of nitrogens with zero attached hydrogens (tertiary/aromatic N) is 2. The van der Waals surface area contributed by atoms with Gasteiger partial charge in [0, 0.05) is 12.1 Å². The molecule has 1 aromatic carbocycles. The van der Waals surface area contributed by atoms with Crippen molar-refractivity contribution in [3.05, 3.63) is 37.9 Å². The van der Waals surface area contributed by atoms with Crippen LogP contribution in [0.5, 0.6) is 5.75 Å². The summed E-state index contributed by atoms with van der Waals surface area (Å²) in [6, 6.07) is 2.55. The Balaban J connectivity index is 3.25. The molecule has 0 heterocycles. The number of rotatable bonds is 7. The van der Waals surface area contributed by atoms with Gasteiger partial charge >= 0.3 is 11.4 Å². The van der Waals surface area contributed by atoms with Crippen molar-refractivity contribution in [3.63, 3.8) is 0 Å². The average molecular weight is 328 g/mol. The number of nitro benzene ring substituents is 2. The van der Waals surface area contributed by atoms with Crippen LogP contribution in [0.1, 0.15) is 33.3 Å². The quantitative estimate of drug-likeness (QED) is 0.353. The first-order valence-electron chi connectivity index (χ1n) is 6.93. The predicted molar refractivity (Wildman–Crippen MR) is 81.6 cm³/mol. The predicted octanol–water partition coefficient (Wildman–Crippen LogP) is 2.53. The third kappa shape index (κ3) is 5.15. The van der Waals surface area contributed by atoms with Gasteiger partial charge in [0.15, 0.2) is 6.29 Å². The lowest BCUT2D eigenvalue weighted by Gasteiger charge is -2.19. The highest BCUT2D eigenvalue weighted by Gasteiger charge is 2.31. The lowest BCUT2D eigenvalue weighted by Crippen LogP contribution is -2.16. The van der Waals surface area contributed by atoms with E-state index >= 15 is 0 Å². The van der Waals surface area contributed by atoms with E-state index in [0.717, 1.165) is 0 Å². The van der Waals surface area contributed by atoms with E-state index in [0.29, 0.717) is 5.56 Å². The molecule has 0 radical (unpaired) electrons. The average Bonchev–Trinajstić information content (AvgIpc) is 2.41. The topological polar surface area (TPSA) is 125 Å². The SMILES string of the molecule is CC(O)OCCOc1c([N+](=O)[O-])cc(C(C)(C)C)cc1[N+](=O)[O-]. The molecule has 1 N–H and O–H groups in total. The van der Waals surface area contributed by atoms with E-state index in [2.05, 4.69) is 0 Å². The van der Waals surface area contributed by atoms with Gasteiger partial charge < -0.3 is 14.6 Å². The zero-order valence-electron chi connectivity index (χ0n) is 13.4. The third-order valence-electron chi connectivity index (χ3n) is 3.00. The zero-order chi connectivity index (χ0) is 17.8. The molecule has 0 saturated carbocycles. The number of hydrogen-bond acceptors (Lipinski definition) is 7. The van der Waals surface area contributed by atoms with Crippen molar-refractivity contribution in [3.8, 4) is 5.75 Å². The summed E-state index contributed by atoms with van der Waals surface area (Å²) in [5.41, 5.74) is -0.977. The van der Waals surface area contributed by atoms with Crippen LogP contribution in [0.15, 0.2) is 12.1 Å². The van der Waals surface area contributed by atoms with Crippen LogP contribution in [0.4, 0.5) is 11.4 Å². The van der Waals surface area contributed by atoms with Gasteiger partial charge in [-0.2, -0.15) is 0 Å². The Morgan fingerprint density at radius 1 is 1.13 bits per heavy atom. The van der Waals surface area contributed by atoms with Crippen LogP contribution in [-0.2, 0) is 10.2 Å². The van der Waals surface area contributed by atoms with Gasteiger partial charge in [0.05, 0.1) is 16.5 Å². The molecule has 0 aromatic heterocycles. The van der Waals surface area contributed by atoms with Crippen LogP contribution in [0.3, 0.4) is 0 Å². The Bertz CT molecular complexity index is 558. The second-order valence-electron chi connectivity index (χ2n) is 5.93. The van der Waals surface area contributed by atoms with Gasteiger partial charge in [0.25, 0.3) is 5.75 Å². The van der Waals surface area contributed by atoms with Crippen molar-refractivity contribution >= 4 is 11.4 Å². The standard InChI is InChI=1S/C14H20N2O7/c1-9(17)22-5-6-23-13-11(15(18)19)7-10(14(2,3)4)8-12(13)16(20)21/h7-9,17H,5-6H2,1-4H3. The van der Waals surface area contributed by atoms with E-state index in [-0.39, 0.29) is 13.2 Å². The third-order valence-corrected chi connectivity index (χ3v) is 3.00. The molecule has 1 unspecified atom stereocenters. The molecule has 1 atom stereocenters. The second kappa shape index (κ2) is 7.34. The number of aliphatic hydroxyl groups is 1.